The molecule has 0 saturated carbocycles. The Morgan fingerprint density at radius 3 is 1.93 bits per heavy atom. The first-order valence-electron chi connectivity index (χ1n) is 3.36. The van der Waals surface area contributed by atoms with E-state index in [4.69, 9.17) is 4.74 Å². The minimum Gasteiger partial charge on any atom is -0.497 e. The van der Waals surface area contributed by atoms with Crippen molar-refractivity contribution >= 4 is 18.1 Å². The highest BCUT2D eigenvalue weighted by Crippen LogP contribution is 2.21. The Labute approximate surface area is 84.9 Å². The van der Waals surface area contributed by atoms with E-state index >= 15 is 0 Å². The Bertz CT molecular complexity index is 270. The molecule has 0 aliphatic heterocycles. The van der Waals surface area contributed by atoms with Crippen molar-refractivity contribution in [3.63, 3.8) is 0 Å². The summed E-state index contributed by atoms with van der Waals surface area (Å²) in [6.45, 7) is 0. The third-order valence-electron chi connectivity index (χ3n) is 1.42. The summed E-state index contributed by atoms with van der Waals surface area (Å²) in [5.74, 6) is 0.474. The first-order chi connectivity index (χ1) is 6.15. The predicted molar refractivity (Wildman–Crippen MR) is 47.9 cm³/mol. The fourth-order valence-electron chi connectivity index (χ4n) is 0.793. The molecule has 0 spiro atoms. The average Bonchev–Trinajstić information content (AvgIpc) is 2.17. The van der Waals surface area contributed by atoms with Crippen molar-refractivity contribution in [1.82, 2.24) is 5.45 Å². The molecule has 14 heavy (non-hydrogen) atoms. The largest absolute Gasteiger partial charge is 0.497 e. The number of anilines is 1. The van der Waals surface area contributed by atoms with Gasteiger partial charge in [-0.25, -0.2) is 0 Å². The maximum absolute atomic E-state index is 12.5. The molecule has 0 heterocycles. The number of ether oxygens (including phenoxy) is 1. The van der Waals surface area contributed by atoms with Crippen LogP contribution in [-0.2, 0) is 0 Å². The van der Waals surface area contributed by atoms with E-state index in [9.17, 15) is 13.4 Å². The third-order valence-corrected chi connectivity index (χ3v) is 1.42. The van der Waals surface area contributed by atoms with Crippen LogP contribution >= 0.6 is 12.4 Å². The topological polar surface area (TPSA) is 15.7 Å². The molecule has 80 valence electrons. The van der Waals surface area contributed by atoms with Gasteiger partial charge in [-0.2, -0.15) is 0 Å². The van der Waals surface area contributed by atoms with Crippen LogP contribution < -0.4 is 9.97 Å². The molecule has 1 rings (SSSR count). The van der Waals surface area contributed by atoms with Crippen LogP contribution in [0.5, 0.6) is 5.75 Å². The molecule has 0 atom stereocenters. The number of nitrogens with zero attached hydrogens (tertiary/aromatic N) is 2. The van der Waals surface area contributed by atoms with Crippen molar-refractivity contribution in [2.75, 3.05) is 12.3 Å². The van der Waals surface area contributed by atoms with Gasteiger partial charge in [-0.15, -0.1) is 12.4 Å². The van der Waals surface area contributed by atoms with Gasteiger partial charge >= 0.3 is 0 Å². The van der Waals surface area contributed by atoms with Gasteiger partial charge < -0.3 is 4.74 Å². The zero-order valence-electron chi connectivity index (χ0n) is 7.15. The van der Waals surface area contributed by atoms with E-state index < -0.39 is 10.7 Å². The SMILES string of the molecule is COc1ccc(N(F)N(F)F)cc1.Cl. The second-order valence-electron chi connectivity index (χ2n) is 2.17. The van der Waals surface area contributed by atoms with Crippen molar-refractivity contribution in [1.29, 1.82) is 0 Å². The van der Waals surface area contributed by atoms with Crippen LogP contribution in [-0.4, -0.2) is 12.6 Å². The molecule has 7 heteroatoms. The summed E-state index contributed by atoms with van der Waals surface area (Å²) in [7, 11) is 1.43. The number of hydrogen-bond donors (Lipinski definition) is 0. The van der Waals surface area contributed by atoms with E-state index in [1.54, 1.807) is 0 Å². The summed E-state index contributed by atoms with van der Waals surface area (Å²) in [6.07, 6.45) is 0. The predicted octanol–water partition coefficient (Wildman–Crippen LogP) is 2.79. The molecule has 0 bridgehead atoms. The van der Waals surface area contributed by atoms with Gasteiger partial charge in [-0.3, -0.25) is 0 Å². The van der Waals surface area contributed by atoms with Crippen molar-refractivity contribution < 1.29 is 18.2 Å². The molecular formula is C7H8ClF3N2O. The number of hydrazine groups is 1. The normalized spacial score (nSPS) is 9.50. The van der Waals surface area contributed by atoms with E-state index in [1.807, 2.05) is 0 Å². The summed E-state index contributed by atoms with van der Waals surface area (Å²) in [5.41, 5.74) is -1.92. The standard InChI is InChI=1S/C7H7F3N2O.ClH/c1-13-7-4-2-6(3-5-7)11(8)12(9)10;/h2-5H,1H3;1H. The number of hydrogen-bond acceptors (Lipinski definition) is 3. The van der Waals surface area contributed by atoms with Crippen molar-refractivity contribution in [3.05, 3.63) is 24.3 Å². The number of benzene rings is 1. The smallest absolute Gasteiger partial charge is 0.151 e. The summed E-state index contributed by atoms with van der Waals surface area (Å²) in [5, 5.41) is -0.778. The molecule has 1 aromatic carbocycles. The quantitative estimate of drug-likeness (QED) is 0.584. The second kappa shape index (κ2) is 5.56. The Morgan fingerprint density at radius 2 is 1.57 bits per heavy atom. The maximum Gasteiger partial charge on any atom is 0.151 e. The van der Waals surface area contributed by atoms with Gasteiger partial charge in [0.05, 0.1) is 12.8 Å². The van der Waals surface area contributed by atoms with Crippen molar-refractivity contribution in [3.8, 4) is 5.75 Å². The molecule has 0 fully saturated rings. The molecule has 0 radical (unpaired) electrons. The summed E-state index contributed by atoms with van der Waals surface area (Å²) < 4.78 is 40.5. The van der Waals surface area contributed by atoms with Crippen LogP contribution in [0.2, 0.25) is 0 Å². The molecule has 0 N–H and O–H groups in total. The Kier molecular flexibility index (Phi) is 5.11. The van der Waals surface area contributed by atoms with Crippen LogP contribution in [0.15, 0.2) is 24.3 Å². The molecule has 0 aromatic heterocycles. The lowest BCUT2D eigenvalue weighted by molar-refractivity contribution is -0.196. The van der Waals surface area contributed by atoms with Crippen molar-refractivity contribution in [2.45, 2.75) is 0 Å². The highest BCUT2D eigenvalue weighted by Gasteiger charge is 2.13. The highest BCUT2D eigenvalue weighted by molar-refractivity contribution is 5.85. The summed E-state index contributed by atoms with van der Waals surface area (Å²) in [4.78, 5) is 0. The lowest BCUT2D eigenvalue weighted by atomic mass is 10.3. The van der Waals surface area contributed by atoms with E-state index in [0.29, 0.717) is 5.75 Å². The van der Waals surface area contributed by atoms with Gasteiger partial charge in [0.15, 0.2) is 5.45 Å². The molecule has 3 nitrogen and oxygen atoms in total. The van der Waals surface area contributed by atoms with Gasteiger partial charge in [-0.1, -0.05) is 18.7 Å². The third kappa shape index (κ3) is 2.97. The summed E-state index contributed by atoms with van der Waals surface area (Å²) >= 11 is 0. The average molecular weight is 229 g/mol. The van der Waals surface area contributed by atoms with Crippen LogP contribution in [0, 0.1) is 0 Å². The maximum atomic E-state index is 12.5. The van der Waals surface area contributed by atoms with E-state index in [2.05, 4.69) is 0 Å². The fourth-order valence-corrected chi connectivity index (χ4v) is 0.793. The van der Waals surface area contributed by atoms with Gasteiger partial charge in [0.2, 0.25) is 0 Å². The highest BCUT2D eigenvalue weighted by atomic mass is 35.5. The monoisotopic (exact) mass is 228 g/mol. The van der Waals surface area contributed by atoms with Gasteiger partial charge in [0.1, 0.15) is 5.75 Å². The van der Waals surface area contributed by atoms with Crippen molar-refractivity contribution in [2.24, 2.45) is 0 Å². The first kappa shape index (κ1) is 12.9. The molecule has 0 amide bonds. The fraction of sp³-hybridized carbons (Fsp3) is 0.143. The van der Waals surface area contributed by atoms with Gasteiger partial charge in [-0.05, 0) is 24.3 Å². The molecule has 1 aromatic rings. The molecule has 0 aliphatic rings. The van der Waals surface area contributed by atoms with E-state index in [0.717, 1.165) is 0 Å². The Hall–Kier alpha value is -1.14. The molecule has 0 aliphatic carbocycles. The number of methoxy groups -OCH3 is 1. The van der Waals surface area contributed by atoms with Gasteiger partial charge in [0.25, 0.3) is 0 Å². The minimum absolute atomic E-state index is 0. The summed E-state index contributed by atoms with van der Waals surface area (Å²) in [6, 6.07) is 5.10. The van der Waals surface area contributed by atoms with Crippen LogP contribution in [0.1, 0.15) is 0 Å². The zero-order valence-corrected chi connectivity index (χ0v) is 7.97. The lowest BCUT2D eigenvalue weighted by Gasteiger charge is -2.11. The Morgan fingerprint density at radius 1 is 1.07 bits per heavy atom. The van der Waals surface area contributed by atoms with Crippen LogP contribution in [0.3, 0.4) is 0 Å². The first-order valence-corrected chi connectivity index (χ1v) is 3.36. The van der Waals surface area contributed by atoms with E-state index in [-0.39, 0.29) is 18.1 Å². The van der Waals surface area contributed by atoms with Gasteiger partial charge in [0, 0.05) is 0 Å². The lowest BCUT2D eigenvalue weighted by Crippen LogP contribution is -2.21. The van der Waals surface area contributed by atoms with Crippen LogP contribution in [0.4, 0.5) is 19.1 Å². The number of rotatable bonds is 3. The number of halogens is 4. The zero-order chi connectivity index (χ0) is 9.84. The molecule has 0 saturated heterocycles. The van der Waals surface area contributed by atoms with E-state index in [1.165, 1.54) is 31.4 Å². The van der Waals surface area contributed by atoms with Crippen LogP contribution in [0.25, 0.3) is 0 Å². The Balaban J connectivity index is 0.00000169. The second-order valence-corrected chi connectivity index (χ2v) is 2.17. The molecule has 0 unspecified atom stereocenters. The minimum atomic E-state index is -1.65. The molecular weight excluding hydrogens is 221 g/mol.